The maximum absolute atomic E-state index is 12.5. The molecule has 0 aliphatic carbocycles. The van der Waals surface area contributed by atoms with Gasteiger partial charge in [-0.2, -0.15) is 0 Å². The van der Waals surface area contributed by atoms with Gasteiger partial charge in [0.2, 0.25) is 0 Å². The van der Waals surface area contributed by atoms with Crippen LogP contribution >= 0.6 is 11.6 Å². The van der Waals surface area contributed by atoms with Crippen molar-refractivity contribution in [1.82, 2.24) is 5.32 Å². The number of benzene rings is 2. The normalized spacial score (nSPS) is 10.8. The number of halogens is 1. The van der Waals surface area contributed by atoms with Crippen molar-refractivity contribution in [1.29, 1.82) is 0 Å². The highest BCUT2D eigenvalue weighted by atomic mass is 35.5. The van der Waals surface area contributed by atoms with Crippen LogP contribution < -0.4 is 14.8 Å². The van der Waals surface area contributed by atoms with Crippen LogP contribution in [0.3, 0.4) is 0 Å². The molecule has 2 rings (SSSR count). The molecule has 2 aromatic rings. The molecule has 0 radical (unpaired) electrons. The van der Waals surface area contributed by atoms with Crippen molar-refractivity contribution >= 4 is 33.2 Å². The number of anilines is 1. The average Bonchev–Trinajstić information content (AvgIpc) is 2.60. The van der Waals surface area contributed by atoms with Gasteiger partial charge in [-0.25, -0.2) is 8.42 Å². The summed E-state index contributed by atoms with van der Waals surface area (Å²) in [5.41, 5.74) is 1.47. The van der Waals surface area contributed by atoms with E-state index >= 15 is 0 Å². The van der Waals surface area contributed by atoms with Crippen molar-refractivity contribution in [3.63, 3.8) is 0 Å². The van der Waals surface area contributed by atoms with Crippen LogP contribution in [-0.4, -0.2) is 27.5 Å². The molecule has 1 amide bonds. The van der Waals surface area contributed by atoms with Crippen molar-refractivity contribution in [2.24, 2.45) is 0 Å². The predicted octanol–water partition coefficient (Wildman–Crippen LogP) is 3.13. The molecule has 0 saturated carbocycles. The molecule has 0 aliphatic heterocycles. The highest BCUT2D eigenvalue weighted by Gasteiger charge is 2.17. The fourth-order valence-corrected chi connectivity index (χ4v) is 3.37. The summed E-state index contributed by atoms with van der Waals surface area (Å²) in [6, 6.07) is 11.0. The van der Waals surface area contributed by atoms with Gasteiger partial charge in [-0.3, -0.25) is 9.52 Å². The molecule has 2 aromatic carbocycles. The summed E-state index contributed by atoms with van der Waals surface area (Å²) in [6.45, 7) is 5.50. The SMILES string of the molecule is C=CCNC(=O)COc1ccc(S(=O)(=O)Nc2ccc(C)cc2)cc1Cl. The monoisotopic (exact) mass is 394 g/mol. The molecular weight excluding hydrogens is 376 g/mol. The summed E-state index contributed by atoms with van der Waals surface area (Å²) >= 11 is 6.08. The van der Waals surface area contributed by atoms with Crippen LogP contribution in [0.2, 0.25) is 5.02 Å². The maximum Gasteiger partial charge on any atom is 0.261 e. The molecule has 2 N–H and O–H groups in total. The standard InChI is InChI=1S/C18H19ClN2O4S/c1-3-10-20-18(22)12-25-17-9-8-15(11-16(17)19)26(23,24)21-14-6-4-13(2)5-7-14/h3-9,11,21H,1,10,12H2,2H3,(H,20,22). The number of amides is 1. The van der Waals surface area contributed by atoms with Crippen molar-refractivity contribution in [2.75, 3.05) is 17.9 Å². The van der Waals surface area contributed by atoms with Gasteiger partial charge in [0.25, 0.3) is 15.9 Å². The van der Waals surface area contributed by atoms with Crippen LogP contribution in [0.5, 0.6) is 5.75 Å². The van der Waals surface area contributed by atoms with E-state index in [9.17, 15) is 13.2 Å². The first-order chi connectivity index (χ1) is 12.3. The number of sulfonamides is 1. The molecule has 0 spiro atoms. The molecule has 0 saturated heterocycles. The summed E-state index contributed by atoms with van der Waals surface area (Å²) in [6.07, 6.45) is 1.55. The molecule has 0 atom stereocenters. The van der Waals surface area contributed by atoms with Crippen molar-refractivity contribution < 1.29 is 17.9 Å². The minimum atomic E-state index is -3.79. The molecule has 0 bridgehead atoms. The van der Waals surface area contributed by atoms with Crippen LogP contribution in [0.4, 0.5) is 5.69 Å². The van der Waals surface area contributed by atoms with Crippen molar-refractivity contribution in [3.8, 4) is 5.75 Å². The Morgan fingerprint density at radius 2 is 1.92 bits per heavy atom. The Kier molecular flexibility index (Phi) is 6.65. The van der Waals surface area contributed by atoms with E-state index in [2.05, 4.69) is 16.6 Å². The number of nitrogens with one attached hydrogen (secondary N) is 2. The van der Waals surface area contributed by atoms with Gasteiger partial charge >= 0.3 is 0 Å². The second-order valence-electron chi connectivity index (χ2n) is 5.45. The zero-order valence-corrected chi connectivity index (χ0v) is 15.7. The minimum Gasteiger partial charge on any atom is -0.482 e. The first kappa shape index (κ1) is 19.8. The third kappa shape index (κ3) is 5.50. The van der Waals surface area contributed by atoms with E-state index in [0.29, 0.717) is 12.2 Å². The highest BCUT2D eigenvalue weighted by molar-refractivity contribution is 7.92. The van der Waals surface area contributed by atoms with Crippen LogP contribution in [0.25, 0.3) is 0 Å². The van der Waals surface area contributed by atoms with E-state index in [1.54, 1.807) is 30.3 Å². The second-order valence-corrected chi connectivity index (χ2v) is 7.53. The van der Waals surface area contributed by atoms with Crippen LogP contribution in [0.1, 0.15) is 5.56 Å². The van der Waals surface area contributed by atoms with E-state index < -0.39 is 10.0 Å². The number of carbonyl (C=O) groups is 1. The molecule has 0 fully saturated rings. The Hall–Kier alpha value is -2.51. The number of hydrogen-bond acceptors (Lipinski definition) is 4. The Balaban J connectivity index is 2.08. The molecule has 138 valence electrons. The lowest BCUT2D eigenvalue weighted by molar-refractivity contribution is -0.122. The van der Waals surface area contributed by atoms with Gasteiger partial charge in [0, 0.05) is 12.2 Å². The zero-order chi connectivity index (χ0) is 19.2. The third-order valence-corrected chi connectivity index (χ3v) is 4.99. The molecule has 0 aromatic heterocycles. The zero-order valence-electron chi connectivity index (χ0n) is 14.2. The first-order valence-corrected chi connectivity index (χ1v) is 9.57. The summed E-state index contributed by atoms with van der Waals surface area (Å²) in [5, 5.41) is 2.65. The van der Waals surface area contributed by atoms with Gasteiger partial charge in [-0.05, 0) is 37.3 Å². The highest BCUT2D eigenvalue weighted by Crippen LogP contribution is 2.28. The summed E-state index contributed by atoms with van der Waals surface area (Å²) < 4.78 is 32.7. The lowest BCUT2D eigenvalue weighted by Crippen LogP contribution is -2.28. The van der Waals surface area contributed by atoms with Crippen molar-refractivity contribution in [3.05, 3.63) is 65.7 Å². The van der Waals surface area contributed by atoms with Crippen LogP contribution in [0.15, 0.2) is 60.0 Å². The minimum absolute atomic E-state index is 0.00784. The number of rotatable bonds is 8. The molecule has 26 heavy (non-hydrogen) atoms. The number of carbonyl (C=O) groups excluding carboxylic acids is 1. The van der Waals surface area contributed by atoms with E-state index in [1.807, 2.05) is 6.92 Å². The summed E-state index contributed by atoms with van der Waals surface area (Å²) in [5.74, 6) is -0.117. The lowest BCUT2D eigenvalue weighted by atomic mass is 10.2. The van der Waals surface area contributed by atoms with E-state index in [-0.39, 0.29) is 28.2 Å². The van der Waals surface area contributed by atoms with E-state index in [0.717, 1.165) is 5.56 Å². The van der Waals surface area contributed by atoms with Gasteiger partial charge in [-0.1, -0.05) is 35.4 Å². The number of ether oxygens (including phenoxy) is 1. The molecule has 0 unspecified atom stereocenters. The average molecular weight is 395 g/mol. The Labute approximate surface area is 157 Å². The second kappa shape index (κ2) is 8.73. The van der Waals surface area contributed by atoms with Crippen LogP contribution in [-0.2, 0) is 14.8 Å². The largest absolute Gasteiger partial charge is 0.482 e. The molecule has 0 aliphatic rings. The maximum atomic E-state index is 12.5. The van der Waals surface area contributed by atoms with Crippen LogP contribution in [0, 0.1) is 6.92 Å². The number of hydrogen-bond donors (Lipinski definition) is 2. The predicted molar refractivity (Wildman–Crippen MR) is 102 cm³/mol. The smallest absolute Gasteiger partial charge is 0.261 e. The third-order valence-electron chi connectivity index (χ3n) is 3.32. The summed E-state index contributed by atoms with van der Waals surface area (Å²) in [4.78, 5) is 11.5. The topological polar surface area (TPSA) is 84.5 Å². The molecule has 0 heterocycles. The van der Waals surface area contributed by atoms with Gasteiger partial charge in [-0.15, -0.1) is 6.58 Å². The number of aryl methyl sites for hydroxylation is 1. The van der Waals surface area contributed by atoms with E-state index in [1.165, 1.54) is 18.2 Å². The first-order valence-electron chi connectivity index (χ1n) is 7.71. The lowest BCUT2D eigenvalue weighted by Gasteiger charge is -2.11. The van der Waals surface area contributed by atoms with Gasteiger partial charge in [0.15, 0.2) is 6.61 Å². The summed E-state index contributed by atoms with van der Waals surface area (Å²) in [7, 11) is -3.79. The van der Waals surface area contributed by atoms with Crippen molar-refractivity contribution in [2.45, 2.75) is 11.8 Å². The van der Waals surface area contributed by atoms with Gasteiger partial charge < -0.3 is 10.1 Å². The Bertz CT molecular complexity index is 896. The Morgan fingerprint density at radius 3 is 2.54 bits per heavy atom. The Morgan fingerprint density at radius 1 is 1.23 bits per heavy atom. The molecular formula is C18H19ClN2O4S. The van der Waals surface area contributed by atoms with E-state index in [4.69, 9.17) is 16.3 Å². The van der Waals surface area contributed by atoms with Gasteiger partial charge in [0.1, 0.15) is 5.75 Å². The quantitative estimate of drug-likeness (QED) is 0.673. The molecule has 8 heteroatoms. The molecule has 6 nitrogen and oxygen atoms in total. The fraction of sp³-hybridized carbons (Fsp3) is 0.167. The van der Waals surface area contributed by atoms with Gasteiger partial charge in [0.05, 0.1) is 9.92 Å². The fourth-order valence-electron chi connectivity index (χ4n) is 1.98.